The fraction of sp³-hybridized carbons (Fsp3) is 0.133. The van der Waals surface area contributed by atoms with Gasteiger partial charge in [-0.05, 0) is 36.8 Å². The van der Waals surface area contributed by atoms with Crippen molar-refractivity contribution >= 4 is 50.4 Å². The molecule has 20 heavy (non-hydrogen) atoms. The molecule has 0 heterocycles. The van der Waals surface area contributed by atoms with E-state index in [1.54, 1.807) is 6.07 Å². The third-order valence-electron chi connectivity index (χ3n) is 3.00. The van der Waals surface area contributed by atoms with Crippen LogP contribution in [0.3, 0.4) is 0 Å². The van der Waals surface area contributed by atoms with Crippen LogP contribution in [-0.2, 0) is 0 Å². The van der Waals surface area contributed by atoms with Crippen LogP contribution in [0.4, 0.5) is 5.69 Å². The highest BCUT2D eigenvalue weighted by Crippen LogP contribution is 2.28. The molecule has 0 fully saturated rings. The summed E-state index contributed by atoms with van der Waals surface area (Å²) in [6.45, 7) is 2.08. The minimum atomic E-state index is 0.120. The molecule has 2 rings (SSSR count). The van der Waals surface area contributed by atoms with Gasteiger partial charge in [0.25, 0.3) is 0 Å². The molecule has 0 aliphatic rings. The average Bonchev–Trinajstić information content (AvgIpc) is 2.39. The number of nitrogens with one attached hydrogen (secondary N) is 1. The molecule has 5 heteroatoms. The smallest absolute Gasteiger partial charge is 0.107 e. The summed E-state index contributed by atoms with van der Waals surface area (Å²) in [6.07, 6.45) is 0. The maximum absolute atomic E-state index is 6.16. The van der Waals surface area contributed by atoms with Gasteiger partial charge >= 0.3 is 0 Å². The predicted octanol–water partition coefficient (Wildman–Crippen LogP) is 4.91. The van der Waals surface area contributed by atoms with Gasteiger partial charge in [0, 0.05) is 16.2 Å². The van der Waals surface area contributed by atoms with Gasteiger partial charge in [-0.2, -0.15) is 0 Å². The molecule has 104 valence electrons. The topological polar surface area (TPSA) is 38.0 Å². The normalized spacial score (nSPS) is 11.9. The van der Waals surface area contributed by atoms with E-state index in [2.05, 4.69) is 40.3 Å². The Morgan fingerprint density at radius 2 is 1.90 bits per heavy atom. The summed E-state index contributed by atoms with van der Waals surface area (Å²) >= 11 is 14.7. The van der Waals surface area contributed by atoms with E-state index in [9.17, 15) is 0 Å². The highest BCUT2D eigenvalue weighted by Gasteiger charge is 2.12. The molecular weight excluding hydrogens is 356 g/mol. The molecule has 2 aromatic rings. The number of anilines is 1. The molecule has 0 radical (unpaired) electrons. The number of hydrogen-bond donors (Lipinski definition) is 2. The first-order valence-corrected chi connectivity index (χ1v) is 7.67. The molecule has 2 nitrogen and oxygen atoms in total. The van der Waals surface area contributed by atoms with Gasteiger partial charge in [-0.25, -0.2) is 0 Å². The SMILES string of the molecule is CC(Nc1cccc(Cl)c1C(N)=S)c1ccc(Br)cc1. The Morgan fingerprint density at radius 3 is 2.50 bits per heavy atom. The summed E-state index contributed by atoms with van der Waals surface area (Å²) < 4.78 is 1.06. The summed E-state index contributed by atoms with van der Waals surface area (Å²) in [5, 5.41) is 3.96. The minimum absolute atomic E-state index is 0.120. The Morgan fingerprint density at radius 1 is 1.25 bits per heavy atom. The number of thiocarbonyl (C=S) groups is 1. The van der Waals surface area contributed by atoms with E-state index in [0.29, 0.717) is 15.6 Å². The molecule has 0 saturated carbocycles. The van der Waals surface area contributed by atoms with Crippen molar-refractivity contribution < 1.29 is 0 Å². The first-order valence-electron chi connectivity index (χ1n) is 6.09. The zero-order valence-corrected chi connectivity index (χ0v) is 14.0. The van der Waals surface area contributed by atoms with E-state index in [-0.39, 0.29) is 6.04 Å². The molecule has 1 atom stereocenters. The van der Waals surface area contributed by atoms with Crippen molar-refractivity contribution in [3.05, 3.63) is 63.1 Å². The number of rotatable bonds is 4. The van der Waals surface area contributed by atoms with E-state index in [0.717, 1.165) is 10.2 Å². The van der Waals surface area contributed by atoms with Crippen molar-refractivity contribution in [1.29, 1.82) is 0 Å². The molecule has 0 amide bonds. The van der Waals surface area contributed by atoms with Crippen LogP contribution >= 0.6 is 39.7 Å². The van der Waals surface area contributed by atoms with E-state index in [1.807, 2.05) is 24.3 Å². The van der Waals surface area contributed by atoms with E-state index >= 15 is 0 Å². The van der Waals surface area contributed by atoms with Crippen LogP contribution in [0.15, 0.2) is 46.9 Å². The Kier molecular flexibility index (Phi) is 5.02. The minimum Gasteiger partial charge on any atom is -0.389 e. The van der Waals surface area contributed by atoms with Crippen LogP contribution in [0.5, 0.6) is 0 Å². The summed E-state index contributed by atoms with van der Waals surface area (Å²) in [6, 6.07) is 13.9. The first kappa shape index (κ1) is 15.3. The molecule has 2 aromatic carbocycles. The van der Waals surface area contributed by atoms with Crippen molar-refractivity contribution in [2.45, 2.75) is 13.0 Å². The predicted molar refractivity (Wildman–Crippen MR) is 93.5 cm³/mol. The average molecular weight is 370 g/mol. The molecule has 0 aromatic heterocycles. The van der Waals surface area contributed by atoms with Crippen molar-refractivity contribution in [2.75, 3.05) is 5.32 Å². The van der Waals surface area contributed by atoms with Crippen molar-refractivity contribution in [3.63, 3.8) is 0 Å². The molecule has 0 aliphatic carbocycles. The van der Waals surface area contributed by atoms with Gasteiger partial charge < -0.3 is 11.1 Å². The zero-order valence-electron chi connectivity index (χ0n) is 10.9. The number of hydrogen-bond acceptors (Lipinski definition) is 2. The lowest BCUT2D eigenvalue weighted by Gasteiger charge is -2.19. The third kappa shape index (κ3) is 3.51. The van der Waals surface area contributed by atoms with Gasteiger partial charge in [0.05, 0.1) is 10.6 Å². The Balaban J connectivity index is 2.28. The van der Waals surface area contributed by atoms with Crippen molar-refractivity contribution in [2.24, 2.45) is 5.73 Å². The highest BCUT2D eigenvalue weighted by molar-refractivity contribution is 9.10. The first-order chi connectivity index (χ1) is 9.49. The lowest BCUT2D eigenvalue weighted by molar-refractivity contribution is 0.884. The summed E-state index contributed by atoms with van der Waals surface area (Å²) in [5.41, 5.74) is 8.45. The van der Waals surface area contributed by atoms with Crippen LogP contribution in [0.25, 0.3) is 0 Å². The Hall–Kier alpha value is -1.10. The van der Waals surface area contributed by atoms with E-state index < -0.39 is 0 Å². The quantitative estimate of drug-likeness (QED) is 0.752. The van der Waals surface area contributed by atoms with Crippen LogP contribution in [0.2, 0.25) is 5.02 Å². The molecule has 0 saturated heterocycles. The molecule has 3 N–H and O–H groups in total. The third-order valence-corrected chi connectivity index (χ3v) is 4.05. The van der Waals surface area contributed by atoms with Crippen LogP contribution in [0, 0.1) is 0 Å². The lowest BCUT2D eigenvalue weighted by Crippen LogP contribution is -2.15. The maximum Gasteiger partial charge on any atom is 0.107 e. The molecule has 0 bridgehead atoms. The van der Waals surface area contributed by atoms with Crippen LogP contribution < -0.4 is 11.1 Å². The number of nitrogens with two attached hydrogens (primary N) is 1. The van der Waals surface area contributed by atoms with Crippen LogP contribution in [-0.4, -0.2) is 4.99 Å². The maximum atomic E-state index is 6.16. The Bertz CT molecular complexity index is 628. The Labute approximate surface area is 137 Å². The van der Waals surface area contributed by atoms with Crippen LogP contribution in [0.1, 0.15) is 24.1 Å². The fourth-order valence-corrected chi connectivity index (χ4v) is 2.78. The lowest BCUT2D eigenvalue weighted by atomic mass is 10.1. The van der Waals surface area contributed by atoms with Crippen molar-refractivity contribution in [3.8, 4) is 0 Å². The van der Waals surface area contributed by atoms with Gasteiger partial charge in [-0.1, -0.05) is 57.9 Å². The second kappa shape index (κ2) is 6.57. The highest BCUT2D eigenvalue weighted by atomic mass is 79.9. The second-order valence-electron chi connectivity index (χ2n) is 4.44. The molecular formula is C15H14BrClN2S. The molecule has 1 unspecified atom stereocenters. The number of halogens is 2. The number of benzene rings is 2. The van der Waals surface area contributed by atoms with Crippen molar-refractivity contribution in [1.82, 2.24) is 0 Å². The second-order valence-corrected chi connectivity index (χ2v) is 6.21. The monoisotopic (exact) mass is 368 g/mol. The molecule has 0 spiro atoms. The van der Waals surface area contributed by atoms with Gasteiger partial charge in [0.2, 0.25) is 0 Å². The van der Waals surface area contributed by atoms with Gasteiger partial charge in [-0.3, -0.25) is 0 Å². The zero-order chi connectivity index (χ0) is 14.7. The van der Waals surface area contributed by atoms with Gasteiger partial charge in [0.15, 0.2) is 0 Å². The van der Waals surface area contributed by atoms with E-state index in [4.69, 9.17) is 29.6 Å². The summed E-state index contributed by atoms with van der Waals surface area (Å²) in [5.74, 6) is 0. The standard InChI is InChI=1S/C15H14BrClN2S/c1-9(10-5-7-11(16)8-6-10)19-13-4-2-3-12(17)14(13)15(18)20/h2-9,19H,1H3,(H2,18,20). The van der Waals surface area contributed by atoms with Gasteiger partial charge in [-0.15, -0.1) is 0 Å². The summed E-state index contributed by atoms with van der Waals surface area (Å²) in [7, 11) is 0. The summed E-state index contributed by atoms with van der Waals surface area (Å²) in [4.78, 5) is 0.293. The van der Waals surface area contributed by atoms with Gasteiger partial charge in [0.1, 0.15) is 4.99 Å². The largest absolute Gasteiger partial charge is 0.389 e. The molecule has 0 aliphatic heterocycles. The fourth-order valence-electron chi connectivity index (χ4n) is 1.96. The van der Waals surface area contributed by atoms with E-state index in [1.165, 1.54) is 5.56 Å².